The van der Waals surface area contributed by atoms with E-state index in [0.29, 0.717) is 13.0 Å². The van der Waals surface area contributed by atoms with E-state index in [1.165, 1.54) is 0 Å². The minimum absolute atomic E-state index is 0.0580. The average molecular weight is 224 g/mol. The van der Waals surface area contributed by atoms with Gasteiger partial charge in [0.05, 0.1) is 25.2 Å². The summed E-state index contributed by atoms with van der Waals surface area (Å²) in [5.74, 6) is -0.361. The Labute approximate surface area is 94.8 Å². The number of esters is 1. The molecule has 1 aromatic rings. The minimum atomic E-state index is -0.361. The first-order chi connectivity index (χ1) is 7.77. The molecule has 1 rings (SSSR count). The van der Waals surface area contributed by atoms with E-state index in [0.717, 1.165) is 5.56 Å². The zero-order valence-corrected chi connectivity index (χ0v) is 9.35. The van der Waals surface area contributed by atoms with Gasteiger partial charge in [-0.15, -0.1) is 6.58 Å². The lowest BCUT2D eigenvalue weighted by molar-refractivity contribution is -0.150. The molecular weight excluding hydrogens is 208 g/mol. The number of carbonyl (C=O) groups is 1. The summed E-state index contributed by atoms with van der Waals surface area (Å²) in [7, 11) is 0. The van der Waals surface area contributed by atoms with E-state index < -0.39 is 0 Å². The molecule has 0 aliphatic carbocycles. The summed E-state index contributed by atoms with van der Waals surface area (Å²) in [4.78, 5) is 11.1. The van der Waals surface area contributed by atoms with Crippen LogP contribution in [0, 0.1) is 0 Å². The van der Waals surface area contributed by atoms with Crippen molar-refractivity contribution in [3.63, 3.8) is 0 Å². The maximum absolute atomic E-state index is 11.1. The van der Waals surface area contributed by atoms with Gasteiger partial charge in [-0.05, 0) is 19.4 Å². The second-order valence-electron chi connectivity index (χ2n) is 3.19. The molecule has 0 aliphatic rings. The quantitative estimate of drug-likeness (QED) is 0.527. The van der Waals surface area contributed by atoms with Gasteiger partial charge in [-0.2, -0.15) is 0 Å². The summed E-state index contributed by atoms with van der Waals surface area (Å²) in [5, 5.41) is 0. The van der Waals surface area contributed by atoms with Crippen molar-refractivity contribution in [3.8, 4) is 0 Å². The second-order valence-corrected chi connectivity index (χ2v) is 3.19. The van der Waals surface area contributed by atoms with E-state index in [1.54, 1.807) is 31.6 Å². The number of hydrogen-bond donors (Lipinski definition) is 0. The average Bonchev–Trinajstić information content (AvgIpc) is 2.78. The third-order valence-electron chi connectivity index (χ3n) is 2.00. The summed E-state index contributed by atoms with van der Waals surface area (Å²) >= 11 is 0. The molecular formula is C12H16O4. The van der Waals surface area contributed by atoms with Gasteiger partial charge < -0.3 is 13.9 Å². The zero-order valence-electron chi connectivity index (χ0n) is 9.35. The van der Waals surface area contributed by atoms with Crippen molar-refractivity contribution in [1.82, 2.24) is 0 Å². The Morgan fingerprint density at radius 1 is 1.69 bits per heavy atom. The van der Waals surface area contributed by atoms with Gasteiger partial charge in [0, 0.05) is 5.56 Å². The summed E-state index contributed by atoms with van der Waals surface area (Å²) < 4.78 is 15.2. The Balaban J connectivity index is 2.46. The van der Waals surface area contributed by atoms with E-state index in [-0.39, 0.29) is 18.7 Å². The lowest BCUT2D eigenvalue weighted by Gasteiger charge is -2.13. The molecule has 88 valence electrons. The molecule has 0 amide bonds. The molecule has 0 N–H and O–H groups in total. The third-order valence-corrected chi connectivity index (χ3v) is 2.00. The highest BCUT2D eigenvalue weighted by Gasteiger charge is 2.14. The Morgan fingerprint density at radius 2 is 2.50 bits per heavy atom. The van der Waals surface area contributed by atoms with E-state index in [2.05, 4.69) is 6.58 Å². The van der Waals surface area contributed by atoms with Crippen molar-refractivity contribution in [2.24, 2.45) is 0 Å². The van der Waals surface area contributed by atoms with Crippen molar-refractivity contribution < 1.29 is 18.7 Å². The summed E-state index contributed by atoms with van der Waals surface area (Å²) in [6, 6.07) is 1.80. The molecule has 1 unspecified atom stereocenters. The van der Waals surface area contributed by atoms with E-state index in [4.69, 9.17) is 13.9 Å². The van der Waals surface area contributed by atoms with Gasteiger partial charge in [-0.25, -0.2) is 4.79 Å². The Bertz CT molecular complexity index is 316. The number of hydrogen-bond acceptors (Lipinski definition) is 4. The highest BCUT2D eigenvalue weighted by atomic mass is 16.6. The number of ether oxygens (including phenoxy) is 2. The zero-order chi connectivity index (χ0) is 11.8. The van der Waals surface area contributed by atoms with Gasteiger partial charge >= 0.3 is 5.97 Å². The van der Waals surface area contributed by atoms with Crippen molar-refractivity contribution >= 4 is 5.97 Å². The summed E-state index contributed by atoms with van der Waals surface area (Å²) in [6.07, 6.45) is 5.32. The first kappa shape index (κ1) is 12.5. The molecule has 4 nitrogen and oxygen atoms in total. The van der Waals surface area contributed by atoms with E-state index >= 15 is 0 Å². The van der Waals surface area contributed by atoms with Crippen molar-refractivity contribution in [3.05, 3.63) is 36.8 Å². The minimum Gasteiger partial charge on any atom is -0.472 e. The van der Waals surface area contributed by atoms with Gasteiger partial charge in [0.2, 0.25) is 0 Å². The predicted octanol–water partition coefficient (Wildman–Crippen LogP) is 2.48. The fourth-order valence-corrected chi connectivity index (χ4v) is 1.28. The Morgan fingerprint density at radius 3 is 3.06 bits per heavy atom. The second kappa shape index (κ2) is 6.85. The van der Waals surface area contributed by atoms with E-state index in [9.17, 15) is 4.79 Å². The van der Waals surface area contributed by atoms with Gasteiger partial charge in [-0.3, -0.25) is 0 Å². The van der Waals surface area contributed by atoms with Gasteiger partial charge in [0.15, 0.2) is 0 Å². The van der Waals surface area contributed by atoms with Crippen LogP contribution in [0.1, 0.15) is 25.0 Å². The molecule has 0 saturated carbocycles. The smallest absolute Gasteiger partial charge is 0.332 e. The first-order valence-electron chi connectivity index (χ1n) is 5.18. The number of rotatable bonds is 7. The van der Waals surface area contributed by atoms with Crippen LogP contribution in [0.4, 0.5) is 0 Å². The van der Waals surface area contributed by atoms with E-state index in [1.807, 2.05) is 0 Å². The third kappa shape index (κ3) is 3.90. The molecule has 1 heterocycles. The first-order valence-corrected chi connectivity index (χ1v) is 5.18. The lowest BCUT2D eigenvalue weighted by Crippen LogP contribution is -2.15. The van der Waals surface area contributed by atoms with Crippen LogP contribution >= 0.6 is 0 Å². The molecule has 0 aliphatic heterocycles. The number of carbonyl (C=O) groups excluding carboxylic acids is 1. The molecule has 4 heteroatoms. The molecule has 0 fully saturated rings. The summed E-state index contributed by atoms with van der Waals surface area (Å²) in [6.45, 7) is 5.71. The highest BCUT2D eigenvalue weighted by Crippen LogP contribution is 2.21. The molecule has 1 atom stereocenters. The fourth-order valence-electron chi connectivity index (χ4n) is 1.28. The largest absolute Gasteiger partial charge is 0.472 e. The number of furan rings is 1. The van der Waals surface area contributed by atoms with Gasteiger partial charge in [0.25, 0.3) is 0 Å². The molecule has 0 spiro atoms. The van der Waals surface area contributed by atoms with Crippen LogP contribution in [0.3, 0.4) is 0 Å². The topological polar surface area (TPSA) is 48.7 Å². The molecule has 0 radical (unpaired) electrons. The Kier molecular flexibility index (Phi) is 5.36. The monoisotopic (exact) mass is 224 g/mol. The normalized spacial score (nSPS) is 12.1. The Hall–Kier alpha value is -1.55. The molecule has 0 aromatic carbocycles. The molecule has 1 aromatic heterocycles. The lowest BCUT2D eigenvalue weighted by atomic mass is 10.1. The van der Waals surface area contributed by atoms with Crippen LogP contribution in [-0.4, -0.2) is 19.2 Å². The van der Waals surface area contributed by atoms with Crippen molar-refractivity contribution in [1.29, 1.82) is 0 Å². The predicted molar refractivity (Wildman–Crippen MR) is 58.8 cm³/mol. The summed E-state index contributed by atoms with van der Waals surface area (Å²) in [5.41, 5.74) is 0.893. The van der Waals surface area contributed by atoms with Gasteiger partial charge in [-0.1, -0.05) is 6.08 Å². The SMILES string of the molecule is C=CCC(OCC(=O)OCC)c1ccoc1. The standard InChI is InChI=1S/C12H16O4/c1-3-5-11(10-6-7-14-8-10)16-9-12(13)15-4-2/h3,6-8,11H,1,4-5,9H2,2H3. The molecule has 16 heavy (non-hydrogen) atoms. The maximum Gasteiger partial charge on any atom is 0.332 e. The van der Waals surface area contributed by atoms with Crippen LogP contribution in [-0.2, 0) is 14.3 Å². The molecule has 0 saturated heterocycles. The van der Waals surface area contributed by atoms with Crippen molar-refractivity contribution in [2.75, 3.05) is 13.2 Å². The van der Waals surface area contributed by atoms with Crippen LogP contribution in [0.15, 0.2) is 35.7 Å². The van der Waals surface area contributed by atoms with Gasteiger partial charge in [0.1, 0.15) is 6.61 Å². The van der Waals surface area contributed by atoms with Crippen molar-refractivity contribution in [2.45, 2.75) is 19.4 Å². The van der Waals surface area contributed by atoms with Crippen LogP contribution in [0.25, 0.3) is 0 Å². The highest BCUT2D eigenvalue weighted by molar-refractivity contribution is 5.70. The maximum atomic E-state index is 11.1. The molecule has 0 bridgehead atoms. The fraction of sp³-hybridized carbons (Fsp3) is 0.417. The van der Waals surface area contributed by atoms with Crippen LogP contribution in [0.2, 0.25) is 0 Å². The van der Waals surface area contributed by atoms with Crippen LogP contribution < -0.4 is 0 Å². The van der Waals surface area contributed by atoms with Crippen LogP contribution in [0.5, 0.6) is 0 Å².